The molecule has 1 atom stereocenters. The van der Waals surface area contributed by atoms with Crippen LogP contribution in [-0.4, -0.2) is 46.7 Å². The topological polar surface area (TPSA) is 49.4 Å². The van der Waals surface area contributed by atoms with Crippen LogP contribution in [0, 0.1) is 0 Å². The molecule has 0 aromatic heterocycles. The molecule has 0 aliphatic carbocycles. The van der Waals surface area contributed by atoms with Crippen molar-refractivity contribution in [3.05, 3.63) is 0 Å². The lowest BCUT2D eigenvalue weighted by Gasteiger charge is -2.21. The fourth-order valence-corrected chi connectivity index (χ4v) is 2.44. The van der Waals surface area contributed by atoms with E-state index in [0.717, 1.165) is 18.2 Å². The summed E-state index contributed by atoms with van der Waals surface area (Å²) in [5.74, 6) is 1.83. The maximum atomic E-state index is 11.8. The molecular formula is C8H14N2O2S2. The van der Waals surface area contributed by atoms with E-state index < -0.39 is 6.04 Å². The molecule has 1 N–H and O–H groups in total. The molecule has 1 rings (SSSR count). The highest BCUT2D eigenvalue weighted by atomic mass is 32.2. The third-order valence-corrected chi connectivity index (χ3v) is 3.25. The van der Waals surface area contributed by atoms with E-state index in [1.165, 1.54) is 6.92 Å². The summed E-state index contributed by atoms with van der Waals surface area (Å²) >= 11 is 5.78. The SMILES string of the molecule is CC(=O)N[C@@H](CS)C(=O)N1CCSC1. The fourth-order valence-electron chi connectivity index (χ4n) is 1.24. The Morgan fingerprint density at radius 3 is 2.79 bits per heavy atom. The summed E-state index contributed by atoms with van der Waals surface area (Å²) in [6.45, 7) is 2.18. The second-order valence-corrected chi connectivity index (χ2v) is 4.51. The van der Waals surface area contributed by atoms with Crippen molar-refractivity contribution in [2.24, 2.45) is 0 Å². The molecule has 2 amide bonds. The van der Waals surface area contributed by atoms with Gasteiger partial charge in [0.25, 0.3) is 0 Å². The predicted molar refractivity (Wildman–Crippen MR) is 60.5 cm³/mol. The second-order valence-electron chi connectivity index (χ2n) is 3.07. The van der Waals surface area contributed by atoms with Gasteiger partial charge in [-0.15, -0.1) is 11.8 Å². The molecule has 1 fully saturated rings. The summed E-state index contributed by atoms with van der Waals surface area (Å²) in [5, 5.41) is 2.59. The monoisotopic (exact) mass is 234 g/mol. The van der Waals surface area contributed by atoms with Crippen LogP contribution in [0.3, 0.4) is 0 Å². The summed E-state index contributed by atoms with van der Waals surface area (Å²) in [6, 6.07) is -0.477. The Morgan fingerprint density at radius 1 is 1.64 bits per heavy atom. The van der Waals surface area contributed by atoms with E-state index in [4.69, 9.17) is 0 Å². The molecule has 1 saturated heterocycles. The summed E-state index contributed by atoms with van der Waals surface area (Å²) in [4.78, 5) is 24.3. The molecule has 1 heterocycles. The summed E-state index contributed by atoms with van der Waals surface area (Å²) < 4.78 is 0. The lowest BCUT2D eigenvalue weighted by molar-refractivity contribution is -0.134. The van der Waals surface area contributed by atoms with Gasteiger partial charge < -0.3 is 10.2 Å². The van der Waals surface area contributed by atoms with Crippen LogP contribution < -0.4 is 5.32 Å². The molecule has 80 valence electrons. The van der Waals surface area contributed by atoms with Crippen LogP contribution in [0.25, 0.3) is 0 Å². The predicted octanol–water partition coefficient (Wildman–Crippen LogP) is -0.0462. The lowest BCUT2D eigenvalue weighted by atomic mass is 10.3. The number of thiol groups is 1. The molecule has 0 spiro atoms. The van der Waals surface area contributed by atoms with Crippen molar-refractivity contribution in [2.45, 2.75) is 13.0 Å². The van der Waals surface area contributed by atoms with Crippen LogP contribution in [0.5, 0.6) is 0 Å². The largest absolute Gasteiger partial charge is 0.344 e. The van der Waals surface area contributed by atoms with Gasteiger partial charge in [-0.2, -0.15) is 12.6 Å². The van der Waals surface area contributed by atoms with Crippen LogP contribution in [0.2, 0.25) is 0 Å². The highest BCUT2D eigenvalue weighted by Crippen LogP contribution is 2.14. The first kappa shape index (κ1) is 11.7. The first-order valence-corrected chi connectivity index (χ1v) is 6.18. The Hall–Kier alpha value is -0.360. The van der Waals surface area contributed by atoms with Crippen LogP contribution in [0.15, 0.2) is 0 Å². The first-order chi connectivity index (χ1) is 6.65. The molecule has 0 aromatic rings. The van der Waals surface area contributed by atoms with Crippen molar-refractivity contribution in [1.82, 2.24) is 10.2 Å². The molecule has 14 heavy (non-hydrogen) atoms. The number of nitrogens with one attached hydrogen (secondary N) is 1. The molecule has 0 bridgehead atoms. The molecular weight excluding hydrogens is 220 g/mol. The highest BCUT2D eigenvalue weighted by Gasteiger charge is 2.25. The van der Waals surface area contributed by atoms with Crippen molar-refractivity contribution < 1.29 is 9.59 Å². The number of carbonyl (C=O) groups excluding carboxylic acids is 2. The number of carbonyl (C=O) groups is 2. The standard InChI is InChI=1S/C8H14N2O2S2/c1-6(11)9-7(4-13)8(12)10-2-3-14-5-10/h7,13H,2-5H2,1H3,(H,9,11)/t7-/m0/s1. The maximum absolute atomic E-state index is 11.8. The van der Waals surface area contributed by atoms with Gasteiger partial charge in [-0.1, -0.05) is 0 Å². The van der Waals surface area contributed by atoms with E-state index in [9.17, 15) is 9.59 Å². The lowest BCUT2D eigenvalue weighted by Crippen LogP contribution is -2.48. The zero-order valence-electron chi connectivity index (χ0n) is 8.02. The van der Waals surface area contributed by atoms with Gasteiger partial charge in [-0.3, -0.25) is 9.59 Å². The number of hydrogen-bond acceptors (Lipinski definition) is 4. The smallest absolute Gasteiger partial charge is 0.246 e. The van der Waals surface area contributed by atoms with Crippen LogP contribution in [-0.2, 0) is 9.59 Å². The van der Waals surface area contributed by atoms with Crippen molar-refractivity contribution >= 4 is 36.2 Å². The van der Waals surface area contributed by atoms with E-state index >= 15 is 0 Å². The highest BCUT2D eigenvalue weighted by molar-refractivity contribution is 7.99. The van der Waals surface area contributed by atoms with Crippen LogP contribution in [0.1, 0.15) is 6.92 Å². The first-order valence-electron chi connectivity index (χ1n) is 4.39. The van der Waals surface area contributed by atoms with Gasteiger partial charge in [0.1, 0.15) is 6.04 Å². The fraction of sp³-hybridized carbons (Fsp3) is 0.750. The van der Waals surface area contributed by atoms with E-state index in [-0.39, 0.29) is 11.8 Å². The van der Waals surface area contributed by atoms with Gasteiger partial charge in [-0.25, -0.2) is 0 Å². The Balaban J connectivity index is 2.50. The van der Waals surface area contributed by atoms with Gasteiger partial charge in [0, 0.05) is 25.0 Å². The Morgan fingerprint density at radius 2 is 2.36 bits per heavy atom. The number of nitrogens with zero attached hydrogens (tertiary/aromatic N) is 1. The molecule has 1 aliphatic rings. The van der Waals surface area contributed by atoms with Crippen LogP contribution in [0.4, 0.5) is 0 Å². The van der Waals surface area contributed by atoms with E-state index in [0.29, 0.717) is 5.75 Å². The number of amides is 2. The molecule has 0 radical (unpaired) electrons. The minimum absolute atomic E-state index is 0.0276. The van der Waals surface area contributed by atoms with Crippen molar-refractivity contribution in [3.63, 3.8) is 0 Å². The average Bonchev–Trinajstić information content (AvgIpc) is 2.65. The van der Waals surface area contributed by atoms with E-state index in [1.54, 1.807) is 16.7 Å². The quantitative estimate of drug-likeness (QED) is 0.673. The third kappa shape index (κ3) is 3.09. The summed E-state index contributed by atoms with van der Waals surface area (Å²) in [5.41, 5.74) is 0. The van der Waals surface area contributed by atoms with Crippen molar-refractivity contribution in [1.29, 1.82) is 0 Å². The molecule has 0 aromatic carbocycles. The van der Waals surface area contributed by atoms with Gasteiger partial charge in [-0.05, 0) is 0 Å². The van der Waals surface area contributed by atoms with Crippen molar-refractivity contribution in [3.8, 4) is 0 Å². The van der Waals surface area contributed by atoms with Gasteiger partial charge in [0.2, 0.25) is 11.8 Å². The van der Waals surface area contributed by atoms with E-state index in [1.807, 2.05) is 0 Å². The molecule has 1 aliphatic heterocycles. The number of rotatable bonds is 3. The minimum atomic E-state index is -0.477. The van der Waals surface area contributed by atoms with Gasteiger partial charge in [0.05, 0.1) is 5.88 Å². The summed E-state index contributed by atoms with van der Waals surface area (Å²) in [6.07, 6.45) is 0. The maximum Gasteiger partial charge on any atom is 0.246 e. The Kier molecular flexibility index (Phi) is 4.60. The van der Waals surface area contributed by atoms with Gasteiger partial charge in [0.15, 0.2) is 0 Å². The number of thioether (sulfide) groups is 1. The minimum Gasteiger partial charge on any atom is -0.344 e. The second kappa shape index (κ2) is 5.50. The van der Waals surface area contributed by atoms with Crippen molar-refractivity contribution in [2.75, 3.05) is 23.9 Å². The molecule has 0 saturated carbocycles. The molecule has 4 nitrogen and oxygen atoms in total. The Bertz CT molecular complexity index is 229. The molecule has 0 unspecified atom stereocenters. The summed E-state index contributed by atoms with van der Waals surface area (Å²) in [7, 11) is 0. The molecule has 6 heteroatoms. The van der Waals surface area contributed by atoms with E-state index in [2.05, 4.69) is 17.9 Å². The van der Waals surface area contributed by atoms with Gasteiger partial charge >= 0.3 is 0 Å². The normalized spacial score (nSPS) is 18.0. The average molecular weight is 234 g/mol. The zero-order valence-corrected chi connectivity index (χ0v) is 9.74. The third-order valence-electron chi connectivity index (χ3n) is 1.92. The zero-order chi connectivity index (χ0) is 10.6. The van der Waals surface area contributed by atoms with Crippen LogP contribution >= 0.6 is 24.4 Å². The number of hydrogen-bond donors (Lipinski definition) is 2. The Labute approximate surface area is 93.2 Å².